The minimum absolute atomic E-state index is 0.00895. The first-order chi connectivity index (χ1) is 12.2. The summed E-state index contributed by atoms with van der Waals surface area (Å²) >= 11 is 0. The van der Waals surface area contributed by atoms with Crippen molar-refractivity contribution in [2.45, 2.75) is 39.7 Å². The number of benzene rings is 1. The molecule has 0 spiro atoms. The van der Waals surface area contributed by atoms with Gasteiger partial charge >= 0.3 is 0 Å². The van der Waals surface area contributed by atoms with Gasteiger partial charge in [-0.1, -0.05) is 13.3 Å². The Bertz CT molecular complexity index is 823. The van der Waals surface area contributed by atoms with Crippen molar-refractivity contribution in [3.63, 3.8) is 0 Å². The smallest absolute Gasteiger partial charge is 0.253 e. The Kier molecular flexibility index (Phi) is 5.48. The average molecular weight is 340 g/mol. The molecule has 0 radical (unpaired) electrons. The Morgan fingerprint density at radius 1 is 1.32 bits per heavy atom. The predicted octanol–water partition coefficient (Wildman–Crippen LogP) is 3.53. The molecule has 2 heterocycles. The van der Waals surface area contributed by atoms with Gasteiger partial charge in [-0.15, -0.1) is 0 Å². The standard InChI is InChI=1S/C19H24N4O2/c1-3-5-7-18-21-16-14-15(8-9-17(16)25-18)19(24)22(4-2)12-13-23-11-6-10-20-23/h6,8-11,14H,3-5,7,12-13H2,1-2H3. The third-order valence-electron chi connectivity index (χ3n) is 4.25. The van der Waals surface area contributed by atoms with Crippen LogP contribution in [0.5, 0.6) is 0 Å². The summed E-state index contributed by atoms with van der Waals surface area (Å²) in [6.45, 7) is 6.08. The summed E-state index contributed by atoms with van der Waals surface area (Å²) in [7, 11) is 0. The van der Waals surface area contributed by atoms with E-state index in [1.165, 1.54) is 0 Å². The van der Waals surface area contributed by atoms with Gasteiger partial charge in [-0.2, -0.15) is 5.10 Å². The van der Waals surface area contributed by atoms with Gasteiger partial charge in [0.2, 0.25) is 0 Å². The number of aryl methyl sites for hydroxylation is 1. The molecule has 0 unspecified atom stereocenters. The highest BCUT2D eigenvalue weighted by Crippen LogP contribution is 2.19. The number of amides is 1. The summed E-state index contributed by atoms with van der Waals surface area (Å²) in [4.78, 5) is 19.1. The van der Waals surface area contributed by atoms with E-state index in [1.807, 2.05) is 47.0 Å². The zero-order valence-electron chi connectivity index (χ0n) is 14.8. The van der Waals surface area contributed by atoms with Crippen LogP contribution in [0.2, 0.25) is 0 Å². The molecule has 0 saturated heterocycles. The summed E-state index contributed by atoms with van der Waals surface area (Å²) in [5.41, 5.74) is 2.13. The van der Waals surface area contributed by atoms with Gasteiger partial charge in [0, 0.05) is 37.5 Å². The second-order valence-electron chi connectivity index (χ2n) is 6.05. The van der Waals surface area contributed by atoms with E-state index in [0.29, 0.717) is 25.2 Å². The van der Waals surface area contributed by atoms with Gasteiger partial charge in [0.25, 0.3) is 5.91 Å². The lowest BCUT2D eigenvalue weighted by atomic mass is 10.2. The maximum atomic E-state index is 12.8. The van der Waals surface area contributed by atoms with Crippen LogP contribution < -0.4 is 0 Å². The molecule has 0 N–H and O–H groups in total. The molecule has 0 aliphatic rings. The van der Waals surface area contributed by atoms with Crippen molar-refractivity contribution in [2.75, 3.05) is 13.1 Å². The Labute approximate surface area is 147 Å². The van der Waals surface area contributed by atoms with Gasteiger partial charge in [0.15, 0.2) is 11.5 Å². The highest BCUT2D eigenvalue weighted by atomic mass is 16.3. The molecule has 6 nitrogen and oxygen atoms in total. The summed E-state index contributed by atoms with van der Waals surface area (Å²) in [5.74, 6) is 0.752. The maximum absolute atomic E-state index is 12.8. The van der Waals surface area contributed by atoms with Crippen molar-refractivity contribution in [3.8, 4) is 0 Å². The lowest BCUT2D eigenvalue weighted by molar-refractivity contribution is 0.0757. The molecule has 25 heavy (non-hydrogen) atoms. The minimum Gasteiger partial charge on any atom is -0.441 e. The van der Waals surface area contributed by atoms with E-state index in [-0.39, 0.29) is 5.91 Å². The summed E-state index contributed by atoms with van der Waals surface area (Å²) in [6, 6.07) is 7.36. The second kappa shape index (κ2) is 7.96. The number of likely N-dealkylation sites (N-methyl/N-ethyl adjacent to an activating group) is 1. The van der Waals surface area contributed by atoms with Gasteiger partial charge in [-0.05, 0) is 37.6 Å². The Morgan fingerprint density at radius 2 is 2.20 bits per heavy atom. The maximum Gasteiger partial charge on any atom is 0.253 e. The van der Waals surface area contributed by atoms with Crippen LogP contribution in [0.4, 0.5) is 0 Å². The first-order valence-corrected chi connectivity index (χ1v) is 8.87. The lowest BCUT2D eigenvalue weighted by Gasteiger charge is -2.20. The number of fused-ring (bicyclic) bond motifs is 1. The van der Waals surface area contributed by atoms with Crippen molar-refractivity contribution >= 4 is 17.0 Å². The predicted molar refractivity (Wildman–Crippen MR) is 96.4 cm³/mol. The van der Waals surface area contributed by atoms with Gasteiger partial charge < -0.3 is 9.32 Å². The van der Waals surface area contributed by atoms with Crippen molar-refractivity contribution in [3.05, 3.63) is 48.1 Å². The summed E-state index contributed by atoms with van der Waals surface area (Å²) < 4.78 is 7.57. The molecule has 1 amide bonds. The fourth-order valence-corrected chi connectivity index (χ4v) is 2.78. The van der Waals surface area contributed by atoms with E-state index in [1.54, 1.807) is 6.20 Å². The molecule has 0 aliphatic heterocycles. The number of carbonyl (C=O) groups is 1. The quantitative estimate of drug-likeness (QED) is 0.629. The Morgan fingerprint density at radius 3 is 2.92 bits per heavy atom. The molecule has 3 rings (SSSR count). The Hall–Kier alpha value is -2.63. The van der Waals surface area contributed by atoms with E-state index < -0.39 is 0 Å². The zero-order chi connectivity index (χ0) is 17.6. The van der Waals surface area contributed by atoms with Crippen LogP contribution in [0.3, 0.4) is 0 Å². The highest BCUT2D eigenvalue weighted by Gasteiger charge is 2.16. The fraction of sp³-hybridized carbons (Fsp3) is 0.421. The monoisotopic (exact) mass is 340 g/mol. The van der Waals surface area contributed by atoms with Gasteiger partial charge in [0.05, 0.1) is 6.54 Å². The molecule has 2 aromatic heterocycles. The number of aromatic nitrogens is 3. The van der Waals surface area contributed by atoms with Crippen LogP contribution in [-0.4, -0.2) is 38.7 Å². The van der Waals surface area contributed by atoms with Crippen molar-refractivity contribution < 1.29 is 9.21 Å². The number of rotatable bonds is 8. The molecular weight excluding hydrogens is 316 g/mol. The average Bonchev–Trinajstić information content (AvgIpc) is 3.28. The SMILES string of the molecule is CCCCc1nc2cc(C(=O)N(CC)CCn3cccn3)ccc2o1. The largest absolute Gasteiger partial charge is 0.441 e. The van der Waals surface area contributed by atoms with Crippen molar-refractivity contribution in [1.82, 2.24) is 19.7 Å². The lowest BCUT2D eigenvalue weighted by Crippen LogP contribution is -2.33. The number of oxazole rings is 1. The molecule has 1 aromatic carbocycles. The number of hydrogen-bond donors (Lipinski definition) is 0. The summed E-state index contributed by atoms with van der Waals surface area (Å²) in [6.07, 6.45) is 6.63. The number of nitrogens with zero attached hydrogens (tertiary/aromatic N) is 4. The van der Waals surface area contributed by atoms with Gasteiger partial charge in [-0.25, -0.2) is 4.98 Å². The van der Waals surface area contributed by atoms with E-state index in [0.717, 1.165) is 36.3 Å². The first kappa shape index (κ1) is 17.2. The van der Waals surface area contributed by atoms with Crippen LogP contribution in [0.1, 0.15) is 42.9 Å². The third-order valence-corrected chi connectivity index (χ3v) is 4.25. The molecule has 0 aliphatic carbocycles. The second-order valence-corrected chi connectivity index (χ2v) is 6.05. The molecular formula is C19H24N4O2. The number of unbranched alkanes of at least 4 members (excludes halogenated alkanes) is 1. The van der Waals surface area contributed by atoms with E-state index in [9.17, 15) is 4.79 Å². The van der Waals surface area contributed by atoms with E-state index in [2.05, 4.69) is 17.0 Å². The zero-order valence-corrected chi connectivity index (χ0v) is 14.8. The van der Waals surface area contributed by atoms with Crippen LogP contribution in [0, 0.1) is 0 Å². The van der Waals surface area contributed by atoms with E-state index in [4.69, 9.17) is 4.42 Å². The number of carbonyl (C=O) groups excluding carboxylic acids is 1. The van der Waals surface area contributed by atoms with E-state index >= 15 is 0 Å². The summed E-state index contributed by atoms with van der Waals surface area (Å²) in [5, 5.41) is 4.18. The topological polar surface area (TPSA) is 64.2 Å². The van der Waals surface area contributed by atoms with Crippen LogP contribution in [0.15, 0.2) is 41.1 Å². The minimum atomic E-state index is 0.00895. The molecule has 0 atom stereocenters. The first-order valence-electron chi connectivity index (χ1n) is 8.87. The van der Waals surface area contributed by atoms with Crippen LogP contribution in [-0.2, 0) is 13.0 Å². The number of hydrogen-bond acceptors (Lipinski definition) is 4. The highest BCUT2D eigenvalue weighted by molar-refractivity contribution is 5.97. The molecule has 3 aromatic rings. The molecule has 0 saturated carbocycles. The normalized spacial score (nSPS) is 11.1. The van der Waals surface area contributed by atoms with Crippen LogP contribution in [0.25, 0.3) is 11.1 Å². The van der Waals surface area contributed by atoms with Gasteiger partial charge in [-0.3, -0.25) is 9.48 Å². The molecule has 0 bridgehead atoms. The van der Waals surface area contributed by atoms with Crippen molar-refractivity contribution in [1.29, 1.82) is 0 Å². The fourth-order valence-electron chi connectivity index (χ4n) is 2.78. The Balaban J connectivity index is 1.72. The third kappa shape index (κ3) is 4.07. The van der Waals surface area contributed by atoms with Crippen LogP contribution >= 0.6 is 0 Å². The van der Waals surface area contributed by atoms with Gasteiger partial charge in [0.1, 0.15) is 5.52 Å². The molecule has 6 heteroatoms. The molecule has 0 fully saturated rings. The van der Waals surface area contributed by atoms with Crippen molar-refractivity contribution in [2.24, 2.45) is 0 Å². The molecule has 132 valence electrons.